The maximum atomic E-state index is 12.1. The number of nitrogens with zero attached hydrogens (tertiary/aromatic N) is 1. The Hall–Kier alpha value is -0.570. The molecular weight excluding hydrogens is 188 g/mol. The van der Waals surface area contributed by atoms with E-state index in [1.807, 2.05) is 0 Å². The predicted molar refractivity (Wildman–Crippen MR) is 58.4 cm³/mol. The van der Waals surface area contributed by atoms with E-state index in [1.165, 1.54) is 19.3 Å². The fourth-order valence-corrected chi connectivity index (χ4v) is 3.53. The molecule has 3 atom stereocenters. The van der Waals surface area contributed by atoms with Gasteiger partial charge in [-0.25, -0.2) is 0 Å². The highest BCUT2D eigenvalue weighted by molar-refractivity contribution is 5.82. The van der Waals surface area contributed by atoms with Crippen molar-refractivity contribution in [2.24, 2.45) is 11.8 Å². The molecule has 0 spiro atoms. The van der Waals surface area contributed by atoms with Gasteiger partial charge in [0.1, 0.15) is 0 Å². The molecule has 1 saturated carbocycles. The van der Waals surface area contributed by atoms with E-state index in [9.17, 15) is 4.79 Å². The Morgan fingerprint density at radius 2 is 1.80 bits per heavy atom. The molecule has 2 aliphatic heterocycles. The maximum Gasteiger partial charge on any atom is 0.239 e. The second kappa shape index (κ2) is 3.78. The smallest absolute Gasteiger partial charge is 0.239 e. The van der Waals surface area contributed by atoms with Crippen LogP contribution in [0.25, 0.3) is 0 Å². The van der Waals surface area contributed by atoms with E-state index in [1.54, 1.807) is 0 Å². The first-order valence-corrected chi connectivity index (χ1v) is 6.37. The first-order chi connectivity index (χ1) is 7.34. The molecule has 0 bridgehead atoms. The number of fused-ring (bicyclic) bond motifs is 1. The molecule has 3 heteroatoms. The van der Waals surface area contributed by atoms with Gasteiger partial charge in [0.25, 0.3) is 0 Å². The lowest BCUT2D eigenvalue weighted by Crippen LogP contribution is -2.42. The summed E-state index contributed by atoms with van der Waals surface area (Å²) in [7, 11) is 0. The monoisotopic (exact) mass is 208 g/mol. The van der Waals surface area contributed by atoms with Crippen molar-refractivity contribution in [3.8, 4) is 0 Å². The molecule has 1 aliphatic carbocycles. The van der Waals surface area contributed by atoms with Gasteiger partial charge in [0.05, 0.1) is 6.04 Å². The summed E-state index contributed by atoms with van der Waals surface area (Å²) < 4.78 is 0. The summed E-state index contributed by atoms with van der Waals surface area (Å²) in [5.74, 6) is 2.03. The standard InChI is InChI=1S/C12H20N2O/c15-12(11-5-2-6-13-11)14-7-9-3-1-4-10(9)8-14/h9-11,13H,1-8H2/t9?,10?,11-/m1/s1. The van der Waals surface area contributed by atoms with E-state index >= 15 is 0 Å². The molecule has 3 aliphatic rings. The molecule has 84 valence electrons. The van der Waals surface area contributed by atoms with Gasteiger partial charge in [-0.15, -0.1) is 0 Å². The molecule has 0 radical (unpaired) electrons. The quantitative estimate of drug-likeness (QED) is 0.697. The van der Waals surface area contributed by atoms with Crippen LogP contribution in [0.2, 0.25) is 0 Å². The summed E-state index contributed by atoms with van der Waals surface area (Å²) in [5, 5.41) is 3.31. The summed E-state index contributed by atoms with van der Waals surface area (Å²) >= 11 is 0. The Morgan fingerprint density at radius 1 is 1.07 bits per heavy atom. The van der Waals surface area contributed by atoms with Crippen LogP contribution in [0.4, 0.5) is 0 Å². The fraction of sp³-hybridized carbons (Fsp3) is 0.917. The molecule has 0 aromatic rings. The lowest BCUT2D eigenvalue weighted by atomic mass is 10.0. The first kappa shape index (κ1) is 9.64. The van der Waals surface area contributed by atoms with Gasteiger partial charge in [-0.1, -0.05) is 6.42 Å². The second-order valence-electron chi connectivity index (χ2n) is 5.34. The summed E-state index contributed by atoms with van der Waals surface area (Å²) in [5.41, 5.74) is 0. The van der Waals surface area contributed by atoms with Crippen molar-refractivity contribution in [2.75, 3.05) is 19.6 Å². The van der Waals surface area contributed by atoms with Crippen molar-refractivity contribution in [3.05, 3.63) is 0 Å². The molecule has 0 aromatic heterocycles. The Kier molecular flexibility index (Phi) is 2.43. The zero-order valence-electron chi connectivity index (χ0n) is 9.24. The third-order valence-corrected chi connectivity index (χ3v) is 4.40. The number of likely N-dealkylation sites (tertiary alicyclic amines) is 1. The topological polar surface area (TPSA) is 32.3 Å². The van der Waals surface area contributed by atoms with Crippen LogP contribution in [0.3, 0.4) is 0 Å². The van der Waals surface area contributed by atoms with Crippen LogP contribution in [-0.4, -0.2) is 36.5 Å². The molecule has 0 aromatic carbocycles. The number of hydrogen-bond donors (Lipinski definition) is 1. The molecule has 3 nitrogen and oxygen atoms in total. The van der Waals surface area contributed by atoms with E-state index in [-0.39, 0.29) is 6.04 Å². The van der Waals surface area contributed by atoms with Crippen LogP contribution >= 0.6 is 0 Å². The van der Waals surface area contributed by atoms with Gasteiger partial charge in [0.15, 0.2) is 0 Å². The van der Waals surface area contributed by atoms with Crippen molar-refractivity contribution in [3.63, 3.8) is 0 Å². The van der Waals surface area contributed by atoms with Gasteiger partial charge in [-0.2, -0.15) is 0 Å². The van der Waals surface area contributed by atoms with E-state index in [0.29, 0.717) is 5.91 Å². The van der Waals surface area contributed by atoms with Crippen LogP contribution in [0.15, 0.2) is 0 Å². The molecule has 1 N–H and O–H groups in total. The van der Waals surface area contributed by atoms with Gasteiger partial charge >= 0.3 is 0 Å². The zero-order valence-corrected chi connectivity index (χ0v) is 9.24. The van der Waals surface area contributed by atoms with Crippen molar-refractivity contribution in [2.45, 2.75) is 38.1 Å². The van der Waals surface area contributed by atoms with Gasteiger partial charge in [-0.3, -0.25) is 4.79 Å². The molecule has 15 heavy (non-hydrogen) atoms. The average molecular weight is 208 g/mol. The lowest BCUT2D eigenvalue weighted by Gasteiger charge is -2.21. The Morgan fingerprint density at radius 3 is 2.40 bits per heavy atom. The molecule has 2 unspecified atom stereocenters. The third kappa shape index (κ3) is 1.67. The summed E-state index contributed by atoms with van der Waals surface area (Å²) in [6.45, 7) is 3.11. The largest absolute Gasteiger partial charge is 0.341 e. The molecule has 3 rings (SSSR count). The SMILES string of the molecule is O=C([C@H]1CCCN1)N1CC2CCCC2C1. The van der Waals surface area contributed by atoms with Gasteiger partial charge < -0.3 is 10.2 Å². The summed E-state index contributed by atoms with van der Waals surface area (Å²) in [4.78, 5) is 14.3. The number of carbonyl (C=O) groups is 1. The first-order valence-electron chi connectivity index (χ1n) is 6.37. The second-order valence-corrected chi connectivity index (χ2v) is 5.34. The Labute approximate surface area is 91.2 Å². The van der Waals surface area contributed by atoms with E-state index in [4.69, 9.17) is 0 Å². The van der Waals surface area contributed by atoms with E-state index < -0.39 is 0 Å². The van der Waals surface area contributed by atoms with Gasteiger partial charge in [0, 0.05) is 13.1 Å². The predicted octanol–water partition coefficient (Wildman–Crippen LogP) is 0.997. The lowest BCUT2D eigenvalue weighted by molar-refractivity contribution is -0.132. The number of hydrogen-bond acceptors (Lipinski definition) is 2. The average Bonchev–Trinajstić information content (AvgIpc) is 2.92. The molecular formula is C12H20N2O. The number of amides is 1. The summed E-state index contributed by atoms with van der Waals surface area (Å²) in [6, 6.07) is 0.142. The Balaban J connectivity index is 1.61. The number of nitrogens with one attached hydrogen (secondary N) is 1. The molecule has 2 heterocycles. The minimum absolute atomic E-state index is 0.142. The fourth-order valence-electron chi connectivity index (χ4n) is 3.53. The van der Waals surface area contributed by atoms with E-state index in [0.717, 1.165) is 44.3 Å². The minimum Gasteiger partial charge on any atom is -0.341 e. The van der Waals surface area contributed by atoms with Crippen molar-refractivity contribution in [1.82, 2.24) is 10.2 Å². The van der Waals surface area contributed by atoms with Crippen molar-refractivity contribution >= 4 is 5.91 Å². The van der Waals surface area contributed by atoms with Crippen molar-refractivity contribution < 1.29 is 4.79 Å². The van der Waals surface area contributed by atoms with Crippen LogP contribution in [0.5, 0.6) is 0 Å². The van der Waals surface area contributed by atoms with Gasteiger partial charge in [0.2, 0.25) is 5.91 Å². The molecule has 2 saturated heterocycles. The van der Waals surface area contributed by atoms with Crippen LogP contribution in [-0.2, 0) is 4.79 Å². The van der Waals surface area contributed by atoms with Crippen LogP contribution in [0, 0.1) is 11.8 Å². The molecule has 3 fully saturated rings. The summed E-state index contributed by atoms with van der Waals surface area (Å²) in [6.07, 6.45) is 6.31. The van der Waals surface area contributed by atoms with Crippen LogP contribution in [0.1, 0.15) is 32.1 Å². The highest BCUT2D eigenvalue weighted by Gasteiger charge is 2.39. The van der Waals surface area contributed by atoms with Gasteiger partial charge in [-0.05, 0) is 44.1 Å². The number of rotatable bonds is 1. The zero-order chi connectivity index (χ0) is 10.3. The minimum atomic E-state index is 0.142. The highest BCUT2D eigenvalue weighted by Crippen LogP contribution is 2.38. The highest BCUT2D eigenvalue weighted by atomic mass is 16.2. The third-order valence-electron chi connectivity index (χ3n) is 4.40. The maximum absolute atomic E-state index is 12.1. The van der Waals surface area contributed by atoms with E-state index in [2.05, 4.69) is 10.2 Å². The van der Waals surface area contributed by atoms with Crippen molar-refractivity contribution in [1.29, 1.82) is 0 Å². The van der Waals surface area contributed by atoms with Crippen LogP contribution < -0.4 is 5.32 Å². The molecule has 1 amide bonds. The normalized spacial score (nSPS) is 39.7. The Bertz CT molecular complexity index is 248. The number of carbonyl (C=O) groups excluding carboxylic acids is 1.